The molecule has 78 valence electrons. The van der Waals surface area contributed by atoms with E-state index in [4.69, 9.17) is 5.73 Å². The van der Waals surface area contributed by atoms with Gasteiger partial charge in [-0.25, -0.2) is 0 Å². The lowest BCUT2D eigenvalue weighted by atomic mass is 10.1. The maximum Gasteiger partial charge on any atom is 0.259 e. The molecule has 2 aromatic rings. The summed E-state index contributed by atoms with van der Waals surface area (Å²) in [5.74, 6) is -0.306. The number of thiophene rings is 1. The summed E-state index contributed by atoms with van der Waals surface area (Å²) >= 11 is 1.50. The van der Waals surface area contributed by atoms with Crippen LogP contribution in [0.1, 0.15) is 28.6 Å². The van der Waals surface area contributed by atoms with Gasteiger partial charge < -0.3 is 5.73 Å². The highest BCUT2D eigenvalue weighted by Crippen LogP contribution is 2.31. The lowest BCUT2D eigenvalue weighted by Gasteiger charge is -1.98. The van der Waals surface area contributed by atoms with Crippen molar-refractivity contribution in [3.05, 3.63) is 34.7 Å². The van der Waals surface area contributed by atoms with Crippen molar-refractivity contribution in [2.75, 3.05) is 0 Å². The van der Waals surface area contributed by atoms with Crippen LogP contribution in [0.15, 0.2) is 24.3 Å². The lowest BCUT2D eigenvalue weighted by molar-refractivity contribution is 0.100. The van der Waals surface area contributed by atoms with E-state index in [-0.39, 0.29) is 5.91 Å². The molecule has 0 aliphatic heterocycles. The van der Waals surface area contributed by atoms with Crippen LogP contribution in [-0.2, 0) is 6.42 Å². The fourth-order valence-corrected chi connectivity index (χ4v) is 2.90. The zero-order valence-corrected chi connectivity index (χ0v) is 9.43. The zero-order valence-electron chi connectivity index (χ0n) is 8.62. The van der Waals surface area contributed by atoms with Gasteiger partial charge in [0.2, 0.25) is 0 Å². The molecule has 1 amide bonds. The van der Waals surface area contributed by atoms with Crippen LogP contribution in [0.25, 0.3) is 10.1 Å². The van der Waals surface area contributed by atoms with E-state index < -0.39 is 0 Å². The molecule has 1 aromatic heterocycles. The van der Waals surface area contributed by atoms with Crippen molar-refractivity contribution in [2.45, 2.75) is 19.8 Å². The number of primary amides is 1. The van der Waals surface area contributed by atoms with Crippen molar-refractivity contribution in [3.8, 4) is 0 Å². The molecule has 0 unspecified atom stereocenters. The molecule has 0 saturated carbocycles. The Hall–Kier alpha value is -1.35. The van der Waals surface area contributed by atoms with Crippen molar-refractivity contribution in [3.63, 3.8) is 0 Å². The number of carbonyl (C=O) groups is 1. The molecule has 2 rings (SSSR count). The molecule has 0 aliphatic carbocycles. The second kappa shape index (κ2) is 4.03. The molecule has 15 heavy (non-hydrogen) atoms. The van der Waals surface area contributed by atoms with Gasteiger partial charge in [0.25, 0.3) is 5.91 Å². The molecule has 2 N–H and O–H groups in total. The summed E-state index contributed by atoms with van der Waals surface area (Å²) in [6, 6.07) is 8.08. The van der Waals surface area contributed by atoms with Crippen molar-refractivity contribution >= 4 is 27.3 Å². The van der Waals surface area contributed by atoms with Crippen molar-refractivity contribution < 1.29 is 4.79 Å². The van der Waals surface area contributed by atoms with E-state index in [1.165, 1.54) is 16.7 Å². The van der Waals surface area contributed by atoms with Crippen molar-refractivity contribution in [2.24, 2.45) is 5.73 Å². The maximum atomic E-state index is 11.3. The van der Waals surface area contributed by atoms with E-state index in [1.807, 2.05) is 18.2 Å². The van der Waals surface area contributed by atoms with Crippen LogP contribution in [0.4, 0.5) is 0 Å². The maximum absolute atomic E-state index is 11.3. The van der Waals surface area contributed by atoms with Gasteiger partial charge in [-0.15, -0.1) is 11.3 Å². The molecular weight excluding hydrogens is 206 g/mol. The first-order valence-corrected chi connectivity index (χ1v) is 5.86. The monoisotopic (exact) mass is 219 g/mol. The number of nitrogens with two attached hydrogens (primary N) is 1. The Morgan fingerprint density at radius 1 is 1.40 bits per heavy atom. The first-order chi connectivity index (χ1) is 7.24. The van der Waals surface area contributed by atoms with Crippen LogP contribution in [0, 0.1) is 0 Å². The fourth-order valence-electron chi connectivity index (χ4n) is 1.80. The van der Waals surface area contributed by atoms with Crippen LogP contribution in [0.3, 0.4) is 0 Å². The highest BCUT2D eigenvalue weighted by atomic mass is 32.1. The first kappa shape index (κ1) is 10.2. The summed E-state index contributed by atoms with van der Waals surface area (Å²) in [7, 11) is 0. The fraction of sp³-hybridized carbons (Fsp3) is 0.250. The first-order valence-electron chi connectivity index (χ1n) is 5.04. The average Bonchev–Trinajstić information content (AvgIpc) is 2.58. The van der Waals surface area contributed by atoms with E-state index in [2.05, 4.69) is 13.0 Å². The van der Waals surface area contributed by atoms with Crippen LogP contribution < -0.4 is 5.73 Å². The Bertz CT molecular complexity index is 501. The van der Waals surface area contributed by atoms with Gasteiger partial charge in [0.05, 0.1) is 4.88 Å². The number of hydrogen-bond acceptors (Lipinski definition) is 2. The third kappa shape index (κ3) is 1.75. The molecule has 0 fully saturated rings. The number of hydrogen-bond donors (Lipinski definition) is 1. The third-order valence-electron chi connectivity index (χ3n) is 2.42. The van der Waals surface area contributed by atoms with E-state index >= 15 is 0 Å². The van der Waals surface area contributed by atoms with Gasteiger partial charge in [-0.3, -0.25) is 4.79 Å². The number of aryl methyl sites for hydroxylation is 1. The predicted octanol–water partition coefficient (Wildman–Crippen LogP) is 2.95. The standard InChI is InChI=1S/C12H13NOS/c1-2-5-9-8-6-3-4-7-10(8)15-11(9)12(13)14/h3-4,6-7H,2,5H2,1H3,(H2,13,14). The normalized spacial score (nSPS) is 10.7. The van der Waals surface area contributed by atoms with E-state index in [0.29, 0.717) is 0 Å². The highest BCUT2D eigenvalue weighted by molar-refractivity contribution is 7.21. The molecule has 0 aliphatic rings. The topological polar surface area (TPSA) is 43.1 Å². The van der Waals surface area contributed by atoms with Crippen LogP contribution >= 0.6 is 11.3 Å². The van der Waals surface area contributed by atoms with Crippen LogP contribution in [-0.4, -0.2) is 5.91 Å². The van der Waals surface area contributed by atoms with E-state index in [1.54, 1.807) is 0 Å². The zero-order chi connectivity index (χ0) is 10.8. The van der Waals surface area contributed by atoms with Crippen LogP contribution in [0.2, 0.25) is 0 Å². The van der Waals surface area contributed by atoms with E-state index in [0.717, 1.165) is 28.0 Å². The quantitative estimate of drug-likeness (QED) is 0.847. The summed E-state index contributed by atoms with van der Waals surface area (Å²) in [5, 5.41) is 1.18. The molecular formula is C12H13NOS. The molecule has 1 aromatic carbocycles. The van der Waals surface area contributed by atoms with Crippen LogP contribution in [0.5, 0.6) is 0 Å². The van der Waals surface area contributed by atoms with Gasteiger partial charge in [-0.1, -0.05) is 31.5 Å². The minimum Gasteiger partial charge on any atom is -0.365 e. The minimum absolute atomic E-state index is 0.306. The SMILES string of the molecule is CCCc1c(C(N)=O)sc2ccccc12. The number of fused-ring (bicyclic) bond motifs is 1. The number of benzene rings is 1. The van der Waals surface area contributed by atoms with E-state index in [9.17, 15) is 4.79 Å². The van der Waals surface area contributed by atoms with Crippen molar-refractivity contribution in [1.82, 2.24) is 0 Å². The second-order valence-electron chi connectivity index (χ2n) is 3.52. The largest absolute Gasteiger partial charge is 0.365 e. The second-order valence-corrected chi connectivity index (χ2v) is 4.57. The summed E-state index contributed by atoms with van der Waals surface area (Å²) < 4.78 is 1.15. The summed E-state index contributed by atoms with van der Waals surface area (Å²) in [6.07, 6.45) is 1.95. The van der Waals surface area contributed by atoms with Gasteiger partial charge in [-0.2, -0.15) is 0 Å². The molecule has 0 atom stereocenters. The van der Waals surface area contributed by atoms with Gasteiger partial charge in [-0.05, 0) is 23.4 Å². The van der Waals surface area contributed by atoms with Crippen molar-refractivity contribution in [1.29, 1.82) is 0 Å². The van der Waals surface area contributed by atoms with Gasteiger partial charge in [0, 0.05) is 4.70 Å². The molecule has 0 bridgehead atoms. The van der Waals surface area contributed by atoms with Gasteiger partial charge >= 0.3 is 0 Å². The Labute approximate surface area is 92.7 Å². The summed E-state index contributed by atoms with van der Waals surface area (Å²) in [4.78, 5) is 12.0. The Kier molecular flexibility index (Phi) is 2.73. The van der Waals surface area contributed by atoms with Gasteiger partial charge in [0.15, 0.2) is 0 Å². The predicted molar refractivity (Wildman–Crippen MR) is 64.3 cm³/mol. The smallest absolute Gasteiger partial charge is 0.259 e. The Morgan fingerprint density at radius 3 is 2.80 bits per heavy atom. The number of carbonyl (C=O) groups excluding carboxylic acids is 1. The third-order valence-corrected chi connectivity index (χ3v) is 3.65. The molecule has 0 spiro atoms. The molecule has 2 nitrogen and oxygen atoms in total. The Balaban J connectivity index is 2.68. The highest BCUT2D eigenvalue weighted by Gasteiger charge is 2.14. The summed E-state index contributed by atoms with van der Waals surface area (Å²) in [6.45, 7) is 2.11. The average molecular weight is 219 g/mol. The molecule has 1 heterocycles. The minimum atomic E-state index is -0.306. The summed E-state index contributed by atoms with van der Waals surface area (Å²) in [5.41, 5.74) is 6.50. The lowest BCUT2D eigenvalue weighted by Crippen LogP contribution is -2.11. The molecule has 0 radical (unpaired) electrons. The molecule has 3 heteroatoms. The number of rotatable bonds is 3. The molecule has 0 saturated heterocycles. The Morgan fingerprint density at radius 2 is 2.13 bits per heavy atom. The number of amides is 1. The van der Waals surface area contributed by atoms with Gasteiger partial charge in [0.1, 0.15) is 0 Å².